The Balaban J connectivity index is 1.53. The van der Waals surface area contributed by atoms with Gasteiger partial charge in [-0.1, -0.05) is 41.6 Å². The molecular formula is C24H19F3N2O2. The highest BCUT2D eigenvalue weighted by Crippen LogP contribution is 2.21. The van der Waals surface area contributed by atoms with Gasteiger partial charge >= 0.3 is 0 Å². The standard InChI is InChI=1S/C24H19F3N2O2/c25-18-10-8-17(9-11-18)23-13-20(31-28-23)15-29(14-16-4-3-5-19(26)12-16)24(30)21-6-1-2-7-22(21)27/h1-12,20H,13-15H2/t20-/m0/s1. The van der Waals surface area contributed by atoms with Crippen molar-refractivity contribution < 1.29 is 22.8 Å². The Kier molecular flexibility index (Phi) is 6.02. The van der Waals surface area contributed by atoms with Crippen molar-refractivity contribution >= 4 is 11.6 Å². The third kappa shape index (κ3) is 4.94. The quantitative estimate of drug-likeness (QED) is 0.563. The van der Waals surface area contributed by atoms with Gasteiger partial charge in [-0.3, -0.25) is 4.79 Å². The molecule has 0 N–H and O–H groups in total. The van der Waals surface area contributed by atoms with Crippen molar-refractivity contribution in [1.29, 1.82) is 0 Å². The Labute approximate surface area is 177 Å². The molecule has 0 aromatic heterocycles. The lowest BCUT2D eigenvalue weighted by molar-refractivity contribution is 0.0402. The maximum absolute atomic E-state index is 14.2. The smallest absolute Gasteiger partial charge is 0.257 e. The summed E-state index contributed by atoms with van der Waals surface area (Å²) in [5.41, 5.74) is 1.86. The minimum atomic E-state index is -0.632. The van der Waals surface area contributed by atoms with Crippen LogP contribution < -0.4 is 0 Å². The van der Waals surface area contributed by atoms with Gasteiger partial charge in [-0.15, -0.1) is 0 Å². The highest BCUT2D eigenvalue weighted by atomic mass is 19.1. The molecule has 1 atom stereocenters. The van der Waals surface area contributed by atoms with E-state index in [9.17, 15) is 18.0 Å². The van der Waals surface area contributed by atoms with Crippen LogP contribution in [0, 0.1) is 17.5 Å². The molecule has 1 heterocycles. The van der Waals surface area contributed by atoms with Gasteiger partial charge in [0.15, 0.2) is 6.10 Å². The van der Waals surface area contributed by atoms with Crippen molar-refractivity contribution in [2.75, 3.05) is 6.54 Å². The lowest BCUT2D eigenvalue weighted by Crippen LogP contribution is -2.37. The number of rotatable bonds is 6. The Morgan fingerprint density at radius 2 is 1.74 bits per heavy atom. The number of nitrogens with zero attached hydrogens (tertiary/aromatic N) is 2. The molecule has 31 heavy (non-hydrogen) atoms. The summed E-state index contributed by atoms with van der Waals surface area (Å²) in [5.74, 6) is -1.93. The summed E-state index contributed by atoms with van der Waals surface area (Å²) in [5, 5.41) is 4.06. The fraction of sp³-hybridized carbons (Fsp3) is 0.167. The zero-order valence-corrected chi connectivity index (χ0v) is 16.5. The molecule has 0 aliphatic carbocycles. The fourth-order valence-corrected chi connectivity index (χ4v) is 3.46. The zero-order chi connectivity index (χ0) is 21.8. The number of hydrogen-bond donors (Lipinski definition) is 0. The van der Waals surface area contributed by atoms with Gasteiger partial charge in [-0.05, 0) is 47.5 Å². The lowest BCUT2D eigenvalue weighted by atomic mass is 10.0. The first kappa shape index (κ1) is 20.7. The van der Waals surface area contributed by atoms with Crippen molar-refractivity contribution in [1.82, 2.24) is 4.90 Å². The van der Waals surface area contributed by atoms with Crippen molar-refractivity contribution in [3.8, 4) is 0 Å². The first-order chi connectivity index (χ1) is 15.0. The largest absolute Gasteiger partial charge is 0.390 e. The van der Waals surface area contributed by atoms with E-state index in [-0.39, 0.29) is 24.5 Å². The first-order valence-corrected chi connectivity index (χ1v) is 9.76. The average molecular weight is 424 g/mol. The monoisotopic (exact) mass is 424 g/mol. The van der Waals surface area contributed by atoms with Crippen LogP contribution in [-0.4, -0.2) is 29.2 Å². The summed E-state index contributed by atoms with van der Waals surface area (Å²) < 4.78 is 41.1. The molecule has 4 nitrogen and oxygen atoms in total. The molecule has 0 saturated heterocycles. The Morgan fingerprint density at radius 1 is 0.968 bits per heavy atom. The molecule has 0 bridgehead atoms. The number of carbonyl (C=O) groups is 1. The Hall–Kier alpha value is -3.61. The van der Waals surface area contributed by atoms with E-state index in [1.54, 1.807) is 30.3 Å². The van der Waals surface area contributed by atoms with Crippen molar-refractivity contribution in [3.05, 3.63) is 107 Å². The molecular weight excluding hydrogens is 405 g/mol. The molecule has 0 spiro atoms. The summed E-state index contributed by atoms with van der Waals surface area (Å²) in [6, 6.07) is 17.5. The van der Waals surface area contributed by atoms with E-state index in [0.717, 1.165) is 5.56 Å². The molecule has 158 valence electrons. The molecule has 0 unspecified atom stereocenters. The molecule has 0 fully saturated rings. The topological polar surface area (TPSA) is 41.9 Å². The molecule has 0 saturated carbocycles. The van der Waals surface area contributed by atoms with Gasteiger partial charge in [-0.25, -0.2) is 13.2 Å². The molecule has 4 rings (SSSR count). The SMILES string of the molecule is O=C(c1ccccc1F)N(Cc1cccc(F)c1)C[C@@H]1CC(c2ccc(F)cc2)=NO1. The van der Waals surface area contributed by atoms with Gasteiger partial charge < -0.3 is 9.74 Å². The second-order valence-electron chi connectivity index (χ2n) is 7.27. The van der Waals surface area contributed by atoms with E-state index in [1.807, 2.05) is 0 Å². The summed E-state index contributed by atoms with van der Waals surface area (Å²) >= 11 is 0. The minimum absolute atomic E-state index is 0.0726. The summed E-state index contributed by atoms with van der Waals surface area (Å²) in [7, 11) is 0. The van der Waals surface area contributed by atoms with Gasteiger partial charge in [0.2, 0.25) is 0 Å². The summed E-state index contributed by atoms with van der Waals surface area (Å²) in [6.07, 6.45) is -0.0696. The third-order valence-corrected chi connectivity index (χ3v) is 4.99. The van der Waals surface area contributed by atoms with Crippen LogP contribution in [0.5, 0.6) is 0 Å². The van der Waals surface area contributed by atoms with Crippen molar-refractivity contribution in [2.45, 2.75) is 19.1 Å². The number of benzene rings is 3. The molecule has 0 radical (unpaired) electrons. The normalized spacial score (nSPS) is 15.3. The predicted molar refractivity (Wildman–Crippen MR) is 110 cm³/mol. The van der Waals surface area contributed by atoms with Crippen molar-refractivity contribution in [2.24, 2.45) is 5.16 Å². The van der Waals surface area contributed by atoms with Gasteiger partial charge in [0.1, 0.15) is 17.5 Å². The van der Waals surface area contributed by atoms with Crippen LogP contribution in [0.25, 0.3) is 0 Å². The maximum Gasteiger partial charge on any atom is 0.257 e. The van der Waals surface area contributed by atoms with Gasteiger partial charge in [0.05, 0.1) is 17.8 Å². The van der Waals surface area contributed by atoms with Crippen LogP contribution in [0.3, 0.4) is 0 Å². The number of halogens is 3. The van der Waals surface area contributed by atoms with Crippen LogP contribution >= 0.6 is 0 Å². The average Bonchev–Trinajstić information content (AvgIpc) is 3.22. The number of carbonyl (C=O) groups excluding carboxylic acids is 1. The Bertz CT molecular complexity index is 1120. The molecule has 7 heteroatoms. The van der Waals surface area contributed by atoms with Crippen LogP contribution in [-0.2, 0) is 11.4 Å². The zero-order valence-electron chi connectivity index (χ0n) is 16.5. The van der Waals surface area contributed by atoms with E-state index in [0.29, 0.717) is 17.7 Å². The molecule has 1 amide bonds. The first-order valence-electron chi connectivity index (χ1n) is 9.76. The summed E-state index contributed by atoms with van der Waals surface area (Å²) in [4.78, 5) is 20.0. The summed E-state index contributed by atoms with van der Waals surface area (Å²) in [6.45, 7) is 0.203. The second kappa shape index (κ2) is 9.04. The van der Waals surface area contributed by atoms with E-state index in [1.165, 1.54) is 47.4 Å². The molecule has 3 aromatic carbocycles. The molecule has 3 aromatic rings. The minimum Gasteiger partial charge on any atom is -0.390 e. The highest BCUT2D eigenvalue weighted by Gasteiger charge is 2.28. The predicted octanol–water partition coefficient (Wildman–Crippen LogP) is 4.94. The lowest BCUT2D eigenvalue weighted by Gasteiger charge is -2.25. The Morgan fingerprint density at radius 3 is 2.48 bits per heavy atom. The third-order valence-electron chi connectivity index (χ3n) is 4.99. The van der Waals surface area contributed by atoms with E-state index >= 15 is 0 Å². The van der Waals surface area contributed by atoms with Crippen LogP contribution in [0.2, 0.25) is 0 Å². The molecule has 1 aliphatic rings. The van der Waals surface area contributed by atoms with E-state index in [2.05, 4.69) is 5.16 Å². The van der Waals surface area contributed by atoms with Crippen LogP contribution in [0.15, 0.2) is 78.0 Å². The van der Waals surface area contributed by atoms with E-state index in [4.69, 9.17) is 4.84 Å². The maximum atomic E-state index is 14.2. The number of hydrogen-bond acceptors (Lipinski definition) is 3. The van der Waals surface area contributed by atoms with Gasteiger partial charge in [0.25, 0.3) is 5.91 Å². The fourth-order valence-electron chi connectivity index (χ4n) is 3.46. The van der Waals surface area contributed by atoms with Crippen LogP contribution in [0.1, 0.15) is 27.9 Å². The van der Waals surface area contributed by atoms with Gasteiger partial charge in [0, 0.05) is 13.0 Å². The van der Waals surface area contributed by atoms with Crippen molar-refractivity contribution in [3.63, 3.8) is 0 Å². The van der Waals surface area contributed by atoms with Gasteiger partial charge in [-0.2, -0.15) is 0 Å². The second-order valence-corrected chi connectivity index (χ2v) is 7.27. The number of amides is 1. The number of oxime groups is 1. The van der Waals surface area contributed by atoms with E-state index < -0.39 is 23.6 Å². The highest BCUT2D eigenvalue weighted by molar-refractivity contribution is 6.01. The van der Waals surface area contributed by atoms with Crippen LogP contribution in [0.4, 0.5) is 13.2 Å². The molecule has 1 aliphatic heterocycles.